The first-order chi connectivity index (χ1) is 26.3. The number of allylic oxidation sites excluding steroid dienone is 6. The van der Waals surface area contributed by atoms with Crippen molar-refractivity contribution in [3.05, 3.63) is 209 Å². The second-order valence-corrected chi connectivity index (χ2v) is 13.8. The molecular weight excluding hydrogens is 643 g/mol. The monoisotopic (exact) mass is 683 g/mol. The van der Waals surface area contributed by atoms with Crippen molar-refractivity contribution in [3.63, 3.8) is 0 Å². The Morgan fingerprint density at radius 3 is 1.85 bits per heavy atom. The minimum Gasteiger partial charge on any atom is -0.459 e. The maximum Gasteiger partial charge on any atom is 0.135 e. The molecule has 0 aliphatic heterocycles. The van der Waals surface area contributed by atoms with Crippen molar-refractivity contribution in [2.75, 3.05) is 0 Å². The largest absolute Gasteiger partial charge is 0.459 e. The van der Waals surface area contributed by atoms with Crippen LogP contribution in [0.3, 0.4) is 0 Å². The van der Waals surface area contributed by atoms with E-state index in [1.165, 1.54) is 77.7 Å². The van der Waals surface area contributed by atoms with Crippen LogP contribution in [0.2, 0.25) is 0 Å². The predicted octanol–water partition coefficient (Wildman–Crippen LogP) is 13.3. The molecule has 1 aromatic heterocycles. The summed E-state index contributed by atoms with van der Waals surface area (Å²) in [6.45, 7) is 6.50. The number of hydrogen-bond acceptors (Lipinski definition) is 2. The molecule has 7 aromatic rings. The van der Waals surface area contributed by atoms with Crippen LogP contribution in [0.4, 0.5) is 0 Å². The normalized spacial score (nSPS) is 17.6. The Balaban J connectivity index is 0.000000902. The standard InChI is InChI=1S/C48H32O.C2H6.CH3N/c1-3-14-31(15-4-1)32-26-28-33(29-27-32)42-30-47(42,34-16-5-2-6-17-34)40-23-13-24-41-45(40)44-37-20-9-12-25-43(37)49-46(44)48(41)38-21-10-7-18-35(38)36-19-8-11-22-39(36)48;2*1-2/h1-5,7-16,18-30H,6,17H2;1-2H3;2H,1H2. The van der Waals surface area contributed by atoms with Crippen molar-refractivity contribution in [2.45, 2.75) is 37.5 Å². The molecule has 0 bridgehead atoms. The first kappa shape index (κ1) is 32.6. The van der Waals surface area contributed by atoms with E-state index < -0.39 is 5.41 Å². The molecular formula is C51H41NO. The summed E-state index contributed by atoms with van der Waals surface area (Å²) in [5.41, 5.74) is 17.2. The molecule has 0 fully saturated rings. The molecule has 4 aliphatic rings. The second-order valence-electron chi connectivity index (χ2n) is 13.8. The van der Waals surface area contributed by atoms with Crippen LogP contribution in [-0.2, 0) is 10.8 Å². The quantitative estimate of drug-likeness (QED) is 0.184. The van der Waals surface area contributed by atoms with Gasteiger partial charge in [-0.15, -0.1) is 0 Å². The number of nitrogens with one attached hydrogen (secondary N) is 1. The molecule has 1 spiro atoms. The SMILES string of the molecule is C1=CCCC(C2(c3cccc4c3-c3c(oc5ccccc35)C43c4ccccc4-c4ccccc43)C=C2c2ccc(-c3ccccc3)cc2)=C1.C=N.CC. The first-order valence-corrected chi connectivity index (χ1v) is 18.8. The topological polar surface area (TPSA) is 37.0 Å². The van der Waals surface area contributed by atoms with Gasteiger partial charge in [0.15, 0.2) is 0 Å². The lowest BCUT2D eigenvalue weighted by Gasteiger charge is -2.30. The molecule has 1 N–H and O–H groups in total. The molecule has 0 amide bonds. The summed E-state index contributed by atoms with van der Waals surface area (Å²) < 4.78 is 7.10. The Morgan fingerprint density at radius 1 is 0.566 bits per heavy atom. The fourth-order valence-electron chi connectivity index (χ4n) is 9.47. The van der Waals surface area contributed by atoms with E-state index in [1.807, 2.05) is 13.8 Å². The zero-order valence-corrected chi connectivity index (χ0v) is 30.2. The van der Waals surface area contributed by atoms with Crippen LogP contribution in [0.25, 0.3) is 49.9 Å². The smallest absolute Gasteiger partial charge is 0.135 e. The number of hydrogen-bond donors (Lipinski definition) is 1. The van der Waals surface area contributed by atoms with Crippen LogP contribution in [-0.4, -0.2) is 6.72 Å². The van der Waals surface area contributed by atoms with E-state index in [1.54, 1.807) is 0 Å². The summed E-state index contributed by atoms with van der Waals surface area (Å²) in [6, 6.07) is 53.5. The lowest BCUT2D eigenvalue weighted by Crippen LogP contribution is -2.26. The zero-order valence-electron chi connectivity index (χ0n) is 30.2. The first-order valence-electron chi connectivity index (χ1n) is 18.8. The van der Waals surface area contributed by atoms with Gasteiger partial charge in [-0.25, -0.2) is 0 Å². The Kier molecular flexibility index (Phi) is 7.86. The summed E-state index contributed by atoms with van der Waals surface area (Å²) in [7, 11) is 0. The van der Waals surface area contributed by atoms with Gasteiger partial charge in [-0.1, -0.05) is 183 Å². The molecule has 2 heteroatoms. The van der Waals surface area contributed by atoms with Crippen molar-refractivity contribution >= 4 is 23.3 Å². The van der Waals surface area contributed by atoms with Crippen molar-refractivity contribution < 1.29 is 4.42 Å². The third-order valence-corrected chi connectivity index (χ3v) is 11.6. The van der Waals surface area contributed by atoms with Gasteiger partial charge >= 0.3 is 0 Å². The average molecular weight is 684 g/mol. The second kappa shape index (κ2) is 12.8. The van der Waals surface area contributed by atoms with E-state index >= 15 is 0 Å². The molecule has 0 saturated heterocycles. The Labute approximate surface area is 312 Å². The third-order valence-electron chi connectivity index (χ3n) is 11.6. The van der Waals surface area contributed by atoms with Crippen LogP contribution >= 0.6 is 0 Å². The number of rotatable bonds is 4. The van der Waals surface area contributed by atoms with Crippen LogP contribution in [0.15, 0.2) is 180 Å². The van der Waals surface area contributed by atoms with Gasteiger partial charge in [-0.2, -0.15) is 0 Å². The van der Waals surface area contributed by atoms with Gasteiger partial charge < -0.3 is 9.83 Å². The Bertz CT molecular complexity index is 2570. The number of fused-ring (bicyclic) bond motifs is 12. The molecule has 4 aliphatic carbocycles. The summed E-state index contributed by atoms with van der Waals surface area (Å²) in [4.78, 5) is 0. The molecule has 2 nitrogen and oxygen atoms in total. The molecule has 256 valence electrons. The van der Waals surface area contributed by atoms with Crippen molar-refractivity contribution in [2.24, 2.45) is 0 Å². The van der Waals surface area contributed by atoms with Gasteiger partial charge in [0.2, 0.25) is 0 Å². The molecule has 0 radical (unpaired) electrons. The lowest BCUT2D eigenvalue weighted by atomic mass is 9.71. The van der Waals surface area contributed by atoms with Gasteiger partial charge in [0.05, 0.1) is 5.41 Å². The van der Waals surface area contributed by atoms with E-state index in [0.29, 0.717) is 0 Å². The maximum atomic E-state index is 7.10. The van der Waals surface area contributed by atoms with E-state index in [0.717, 1.165) is 24.2 Å². The highest BCUT2D eigenvalue weighted by molar-refractivity contribution is 6.08. The van der Waals surface area contributed by atoms with Crippen molar-refractivity contribution in [1.29, 1.82) is 5.41 Å². The summed E-state index contributed by atoms with van der Waals surface area (Å²) in [5, 5.41) is 6.69. The van der Waals surface area contributed by atoms with E-state index in [4.69, 9.17) is 9.83 Å². The van der Waals surface area contributed by atoms with E-state index in [-0.39, 0.29) is 5.41 Å². The number of benzene rings is 6. The molecule has 1 heterocycles. The number of furan rings is 1. The Morgan fingerprint density at radius 2 is 1.15 bits per heavy atom. The van der Waals surface area contributed by atoms with Crippen LogP contribution in [0, 0.1) is 5.41 Å². The Hall–Kier alpha value is -6.25. The van der Waals surface area contributed by atoms with Gasteiger partial charge in [-0.3, -0.25) is 0 Å². The van der Waals surface area contributed by atoms with E-state index in [2.05, 4.69) is 177 Å². The van der Waals surface area contributed by atoms with Gasteiger partial charge in [-0.05, 0) is 86.8 Å². The average Bonchev–Trinajstić information content (AvgIpc) is 3.65. The lowest BCUT2D eigenvalue weighted by molar-refractivity contribution is 0.506. The summed E-state index contributed by atoms with van der Waals surface area (Å²) in [5.74, 6) is 1.05. The molecule has 0 saturated carbocycles. The number of para-hydroxylation sites is 1. The highest BCUT2D eigenvalue weighted by Crippen LogP contribution is 2.68. The minimum atomic E-state index is -0.526. The zero-order chi connectivity index (χ0) is 36.2. The molecule has 1 atom stereocenters. The fourth-order valence-corrected chi connectivity index (χ4v) is 9.47. The highest BCUT2D eigenvalue weighted by Gasteiger charge is 2.58. The van der Waals surface area contributed by atoms with Crippen LogP contribution in [0.1, 0.15) is 60.3 Å². The molecule has 1 unspecified atom stereocenters. The van der Waals surface area contributed by atoms with Crippen molar-refractivity contribution in [1.82, 2.24) is 0 Å². The predicted molar refractivity (Wildman–Crippen MR) is 222 cm³/mol. The minimum absolute atomic E-state index is 0.289. The van der Waals surface area contributed by atoms with Gasteiger partial charge in [0.1, 0.15) is 16.8 Å². The highest BCUT2D eigenvalue weighted by atomic mass is 16.3. The van der Waals surface area contributed by atoms with Gasteiger partial charge in [0, 0.05) is 10.9 Å². The van der Waals surface area contributed by atoms with Crippen LogP contribution < -0.4 is 0 Å². The van der Waals surface area contributed by atoms with Crippen molar-refractivity contribution in [3.8, 4) is 33.4 Å². The summed E-state index contributed by atoms with van der Waals surface area (Å²) >= 11 is 0. The van der Waals surface area contributed by atoms with E-state index in [9.17, 15) is 0 Å². The third kappa shape index (κ3) is 4.48. The summed E-state index contributed by atoms with van der Waals surface area (Å²) in [6.07, 6.45) is 11.6. The van der Waals surface area contributed by atoms with Crippen LogP contribution in [0.5, 0.6) is 0 Å². The maximum absolute atomic E-state index is 7.10. The molecule has 53 heavy (non-hydrogen) atoms. The molecule has 11 rings (SSSR count). The fraction of sp³-hybridized carbons (Fsp3) is 0.118. The van der Waals surface area contributed by atoms with Gasteiger partial charge in [0.25, 0.3) is 0 Å². The molecule has 6 aromatic carbocycles.